The van der Waals surface area contributed by atoms with Gasteiger partial charge in [-0.1, -0.05) is 13.8 Å². The van der Waals surface area contributed by atoms with Crippen LogP contribution in [0.3, 0.4) is 0 Å². The molecule has 80 valence electrons. The van der Waals surface area contributed by atoms with Crippen LogP contribution < -0.4 is 5.32 Å². The highest BCUT2D eigenvalue weighted by molar-refractivity contribution is 7.09. The van der Waals surface area contributed by atoms with Gasteiger partial charge in [-0.15, -0.1) is 11.3 Å². The molecule has 0 aromatic carbocycles. The molecule has 0 aliphatic rings. The maximum absolute atomic E-state index is 4.08. The number of aromatic nitrogens is 1. The van der Waals surface area contributed by atoms with E-state index >= 15 is 0 Å². The lowest BCUT2D eigenvalue weighted by Crippen LogP contribution is -2.22. The first-order valence-electron chi connectivity index (χ1n) is 5.41. The summed E-state index contributed by atoms with van der Waals surface area (Å²) >= 11 is 1.76. The summed E-state index contributed by atoms with van der Waals surface area (Å²) in [6.45, 7) is 6.80. The Kier molecular flexibility index (Phi) is 5.80. The number of hydrogen-bond donors (Lipinski definition) is 1. The molecular formula is C11H20N2S. The molecule has 0 amide bonds. The first-order valence-corrected chi connectivity index (χ1v) is 6.29. The first kappa shape index (κ1) is 11.7. The second-order valence-electron chi connectivity index (χ2n) is 3.82. The molecule has 1 heterocycles. The predicted molar refractivity (Wildman–Crippen MR) is 62.8 cm³/mol. The van der Waals surface area contributed by atoms with Crippen LogP contribution in [-0.2, 0) is 6.42 Å². The maximum atomic E-state index is 4.08. The lowest BCUT2D eigenvalue weighted by Gasteiger charge is -2.10. The molecule has 0 saturated carbocycles. The molecule has 0 aliphatic carbocycles. The molecule has 0 fully saturated rings. The molecule has 14 heavy (non-hydrogen) atoms. The molecule has 1 aromatic rings. The number of nitrogens with zero attached hydrogens (tertiary/aromatic N) is 1. The van der Waals surface area contributed by atoms with E-state index in [1.807, 2.05) is 11.7 Å². The van der Waals surface area contributed by atoms with E-state index in [4.69, 9.17) is 0 Å². The maximum Gasteiger partial charge on any atom is 0.0794 e. The summed E-state index contributed by atoms with van der Waals surface area (Å²) in [4.78, 5) is 5.49. The van der Waals surface area contributed by atoms with Gasteiger partial charge in [-0.2, -0.15) is 0 Å². The van der Waals surface area contributed by atoms with Crippen LogP contribution in [0.25, 0.3) is 0 Å². The van der Waals surface area contributed by atoms with E-state index in [9.17, 15) is 0 Å². The van der Waals surface area contributed by atoms with Crippen molar-refractivity contribution in [1.29, 1.82) is 0 Å². The fourth-order valence-electron chi connectivity index (χ4n) is 1.38. The number of aryl methyl sites for hydroxylation is 1. The smallest absolute Gasteiger partial charge is 0.0794 e. The summed E-state index contributed by atoms with van der Waals surface area (Å²) < 4.78 is 0. The van der Waals surface area contributed by atoms with Gasteiger partial charge in [-0.3, -0.25) is 4.98 Å². The minimum atomic E-state index is 0.767. The zero-order chi connectivity index (χ0) is 10.2. The highest BCUT2D eigenvalue weighted by atomic mass is 32.1. The van der Waals surface area contributed by atoms with E-state index in [0.717, 1.165) is 19.0 Å². The minimum Gasteiger partial charge on any atom is -0.316 e. The van der Waals surface area contributed by atoms with Crippen molar-refractivity contribution in [3.8, 4) is 0 Å². The second-order valence-corrected chi connectivity index (χ2v) is 4.79. The molecule has 0 aliphatic heterocycles. The van der Waals surface area contributed by atoms with Crippen molar-refractivity contribution in [2.24, 2.45) is 5.92 Å². The Bertz CT molecular complexity index is 221. The fraction of sp³-hybridized carbons (Fsp3) is 0.727. The van der Waals surface area contributed by atoms with E-state index in [2.05, 4.69) is 24.1 Å². The van der Waals surface area contributed by atoms with Crippen LogP contribution in [0.2, 0.25) is 0 Å². The van der Waals surface area contributed by atoms with Gasteiger partial charge >= 0.3 is 0 Å². The van der Waals surface area contributed by atoms with Gasteiger partial charge in [0.25, 0.3) is 0 Å². The van der Waals surface area contributed by atoms with Gasteiger partial charge in [-0.05, 0) is 38.3 Å². The van der Waals surface area contributed by atoms with Gasteiger partial charge in [0, 0.05) is 11.1 Å². The van der Waals surface area contributed by atoms with Crippen molar-refractivity contribution in [2.45, 2.75) is 33.1 Å². The molecule has 0 saturated heterocycles. The van der Waals surface area contributed by atoms with E-state index in [1.54, 1.807) is 11.3 Å². The monoisotopic (exact) mass is 212 g/mol. The van der Waals surface area contributed by atoms with Crippen molar-refractivity contribution < 1.29 is 0 Å². The molecule has 1 atom stereocenters. The summed E-state index contributed by atoms with van der Waals surface area (Å²) in [5.41, 5.74) is 1.91. The molecule has 1 aromatic heterocycles. The number of nitrogens with one attached hydrogen (secondary N) is 1. The molecule has 0 radical (unpaired) electrons. The van der Waals surface area contributed by atoms with Crippen LogP contribution in [0.4, 0.5) is 0 Å². The summed E-state index contributed by atoms with van der Waals surface area (Å²) in [6, 6.07) is 0. The fourth-order valence-corrected chi connectivity index (χ4v) is 2.00. The minimum absolute atomic E-state index is 0.767. The summed E-state index contributed by atoms with van der Waals surface area (Å²) in [5, 5.41) is 3.45. The quantitative estimate of drug-likeness (QED) is 0.703. The molecule has 1 rings (SSSR count). The molecule has 0 spiro atoms. The molecule has 0 bridgehead atoms. The standard InChI is InChI=1S/C11H20N2S/c1-3-6-12-7-10(2)4-5-11-8-13-9-14-11/h8-10,12H,3-7H2,1-2H3. The first-order chi connectivity index (χ1) is 6.83. The summed E-state index contributed by atoms with van der Waals surface area (Å²) in [7, 11) is 0. The summed E-state index contributed by atoms with van der Waals surface area (Å²) in [6.07, 6.45) is 5.65. The van der Waals surface area contributed by atoms with Crippen molar-refractivity contribution in [3.05, 3.63) is 16.6 Å². The lowest BCUT2D eigenvalue weighted by molar-refractivity contribution is 0.482. The Hall–Kier alpha value is -0.410. The van der Waals surface area contributed by atoms with Crippen LogP contribution in [0.5, 0.6) is 0 Å². The SMILES string of the molecule is CCCNCC(C)CCc1cncs1. The zero-order valence-electron chi connectivity index (χ0n) is 9.12. The van der Waals surface area contributed by atoms with Crippen LogP contribution in [0, 0.1) is 5.92 Å². The van der Waals surface area contributed by atoms with Crippen molar-refractivity contribution in [1.82, 2.24) is 10.3 Å². The number of thiazole rings is 1. The highest BCUT2D eigenvalue weighted by Gasteiger charge is 2.02. The Morgan fingerprint density at radius 3 is 3.07 bits per heavy atom. The van der Waals surface area contributed by atoms with Crippen molar-refractivity contribution >= 4 is 11.3 Å². The normalized spacial score (nSPS) is 13.0. The lowest BCUT2D eigenvalue weighted by atomic mass is 10.1. The molecule has 3 heteroatoms. The van der Waals surface area contributed by atoms with Gasteiger partial charge < -0.3 is 5.32 Å². The Balaban J connectivity index is 2.06. The largest absolute Gasteiger partial charge is 0.316 e. The third-order valence-corrected chi connectivity index (χ3v) is 3.13. The van der Waals surface area contributed by atoms with Gasteiger partial charge in [0.1, 0.15) is 0 Å². The Morgan fingerprint density at radius 2 is 2.43 bits per heavy atom. The van der Waals surface area contributed by atoms with E-state index < -0.39 is 0 Å². The second kappa shape index (κ2) is 6.96. The van der Waals surface area contributed by atoms with Gasteiger partial charge in [-0.25, -0.2) is 0 Å². The Morgan fingerprint density at radius 1 is 1.57 bits per heavy atom. The van der Waals surface area contributed by atoms with E-state index in [1.165, 1.54) is 24.1 Å². The van der Waals surface area contributed by atoms with Gasteiger partial charge in [0.05, 0.1) is 5.51 Å². The third-order valence-electron chi connectivity index (χ3n) is 2.29. The van der Waals surface area contributed by atoms with Crippen LogP contribution >= 0.6 is 11.3 Å². The van der Waals surface area contributed by atoms with E-state index in [0.29, 0.717) is 0 Å². The van der Waals surface area contributed by atoms with Gasteiger partial charge in [0.15, 0.2) is 0 Å². The summed E-state index contributed by atoms with van der Waals surface area (Å²) in [5.74, 6) is 0.767. The zero-order valence-corrected chi connectivity index (χ0v) is 9.94. The number of hydrogen-bond acceptors (Lipinski definition) is 3. The predicted octanol–water partition coefficient (Wildman–Crippen LogP) is 2.71. The van der Waals surface area contributed by atoms with Crippen LogP contribution in [0.15, 0.2) is 11.7 Å². The van der Waals surface area contributed by atoms with Crippen LogP contribution in [0.1, 0.15) is 31.6 Å². The molecular weight excluding hydrogens is 192 g/mol. The third kappa shape index (κ3) is 4.72. The molecule has 2 nitrogen and oxygen atoms in total. The topological polar surface area (TPSA) is 24.9 Å². The molecule has 1 unspecified atom stereocenters. The van der Waals surface area contributed by atoms with Gasteiger partial charge in [0.2, 0.25) is 0 Å². The highest BCUT2D eigenvalue weighted by Crippen LogP contribution is 2.12. The van der Waals surface area contributed by atoms with Crippen LogP contribution in [-0.4, -0.2) is 18.1 Å². The van der Waals surface area contributed by atoms with E-state index in [-0.39, 0.29) is 0 Å². The average molecular weight is 212 g/mol. The average Bonchev–Trinajstić information content (AvgIpc) is 2.68. The number of rotatable bonds is 7. The molecule has 1 N–H and O–H groups in total. The van der Waals surface area contributed by atoms with Crippen molar-refractivity contribution in [3.63, 3.8) is 0 Å². The van der Waals surface area contributed by atoms with Crippen molar-refractivity contribution in [2.75, 3.05) is 13.1 Å². The Labute approximate surface area is 90.8 Å².